The quantitative estimate of drug-likeness (QED) is 0.801. The molecule has 0 amide bonds. The van der Waals surface area contributed by atoms with Gasteiger partial charge in [-0.05, 0) is 24.6 Å². The van der Waals surface area contributed by atoms with Crippen LogP contribution in [0.3, 0.4) is 0 Å². The maximum absolute atomic E-state index is 11.9. The van der Waals surface area contributed by atoms with Crippen molar-refractivity contribution in [3.8, 4) is 5.75 Å². The molecule has 0 aliphatic carbocycles. The molecular weight excluding hydrogens is 293 g/mol. The summed E-state index contributed by atoms with van der Waals surface area (Å²) in [4.78, 5) is 11.9. The molecule has 0 radical (unpaired) electrons. The van der Waals surface area contributed by atoms with Gasteiger partial charge in [-0.2, -0.15) is 0 Å². The molecule has 1 aromatic rings. The van der Waals surface area contributed by atoms with Gasteiger partial charge < -0.3 is 10.5 Å². The van der Waals surface area contributed by atoms with Crippen molar-refractivity contribution in [1.29, 1.82) is 0 Å². The molecule has 0 saturated heterocycles. The molecule has 0 spiro atoms. The summed E-state index contributed by atoms with van der Waals surface area (Å²) in [7, 11) is 0. The summed E-state index contributed by atoms with van der Waals surface area (Å²) in [6, 6.07) is 3.26. The molecule has 1 atom stereocenters. The number of Topliss-reactive ketones (excluding diaryl/α,β-unsaturated/α-hetero) is 1. The first kappa shape index (κ1) is 13.5. The van der Waals surface area contributed by atoms with Crippen LogP contribution in [-0.4, -0.2) is 18.4 Å². The SMILES string of the molecule is Cc1cc(Br)cc2c1OCCC(N)C2=O.Cl. The van der Waals surface area contributed by atoms with Crippen LogP contribution in [0.25, 0.3) is 0 Å². The minimum Gasteiger partial charge on any atom is -0.492 e. The second-order valence-electron chi connectivity index (χ2n) is 3.71. The summed E-state index contributed by atoms with van der Waals surface area (Å²) >= 11 is 3.37. The van der Waals surface area contributed by atoms with Crippen molar-refractivity contribution in [3.05, 3.63) is 27.7 Å². The van der Waals surface area contributed by atoms with Gasteiger partial charge in [-0.15, -0.1) is 12.4 Å². The predicted molar refractivity (Wildman–Crippen MR) is 68.5 cm³/mol. The van der Waals surface area contributed by atoms with Crippen LogP contribution in [0.1, 0.15) is 22.3 Å². The van der Waals surface area contributed by atoms with Gasteiger partial charge >= 0.3 is 0 Å². The molecule has 16 heavy (non-hydrogen) atoms. The molecule has 1 aromatic carbocycles. The molecule has 88 valence electrons. The fraction of sp³-hybridized carbons (Fsp3) is 0.364. The lowest BCUT2D eigenvalue weighted by Gasteiger charge is -2.10. The number of hydrogen-bond acceptors (Lipinski definition) is 3. The van der Waals surface area contributed by atoms with E-state index in [2.05, 4.69) is 15.9 Å². The number of rotatable bonds is 0. The molecule has 1 aliphatic rings. The van der Waals surface area contributed by atoms with E-state index in [4.69, 9.17) is 10.5 Å². The Morgan fingerprint density at radius 1 is 1.50 bits per heavy atom. The number of aryl methyl sites for hydroxylation is 1. The van der Waals surface area contributed by atoms with E-state index in [9.17, 15) is 4.79 Å². The van der Waals surface area contributed by atoms with Crippen LogP contribution in [0.15, 0.2) is 16.6 Å². The topological polar surface area (TPSA) is 52.3 Å². The monoisotopic (exact) mass is 305 g/mol. The van der Waals surface area contributed by atoms with Crippen molar-refractivity contribution in [3.63, 3.8) is 0 Å². The van der Waals surface area contributed by atoms with E-state index >= 15 is 0 Å². The highest BCUT2D eigenvalue weighted by molar-refractivity contribution is 9.10. The lowest BCUT2D eigenvalue weighted by molar-refractivity contribution is 0.0960. The van der Waals surface area contributed by atoms with Gasteiger partial charge in [0.05, 0.1) is 18.2 Å². The highest BCUT2D eigenvalue weighted by Gasteiger charge is 2.24. The third-order valence-corrected chi connectivity index (χ3v) is 2.97. The van der Waals surface area contributed by atoms with Crippen molar-refractivity contribution in [2.75, 3.05) is 6.61 Å². The summed E-state index contributed by atoms with van der Waals surface area (Å²) in [5.41, 5.74) is 7.30. The number of carbonyl (C=O) groups is 1. The Bertz CT molecular complexity index is 423. The number of ether oxygens (including phenoxy) is 1. The Morgan fingerprint density at radius 3 is 2.88 bits per heavy atom. The number of hydrogen-bond donors (Lipinski definition) is 1. The van der Waals surface area contributed by atoms with Crippen LogP contribution in [0.2, 0.25) is 0 Å². The van der Waals surface area contributed by atoms with E-state index in [1.54, 1.807) is 6.07 Å². The number of halogens is 2. The highest BCUT2D eigenvalue weighted by Crippen LogP contribution is 2.30. The maximum Gasteiger partial charge on any atom is 0.183 e. The third-order valence-electron chi connectivity index (χ3n) is 2.52. The van der Waals surface area contributed by atoms with Crippen molar-refractivity contribution in [2.24, 2.45) is 5.73 Å². The van der Waals surface area contributed by atoms with Crippen LogP contribution >= 0.6 is 28.3 Å². The van der Waals surface area contributed by atoms with Gasteiger partial charge in [0.2, 0.25) is 0 Å². The van der Waals surface area contributed by atoms with Gasteiger partial charge in [0.25, 0.3) is 0 Å². The van der Waals surface area contributed by atoms with Crippen LogP contribution in [-0.2, 0) is 0 Å². The van der Waals surface area contributed by atoms with Gasteiger partial charge in [0.1, 0.15) is 5.75 Å². The zero-order valence-corrected chi connectivity index (χ0v) is 11.2. The summed E-state index contributed by atoms with van der Waals surface area (Å²) in [6.45, 7) is 2.43. The normalized spacial score (nSPS) is 19.2. The van der Waals surface area contributed by atoms with E-state index in [1.807, 2.05) is 13.0 Å². The average molecular weight is 307 g/mol. The molecule has 1 heterocycles. The summed E-state index contributed by atoms with van der Waals surface area (Å²) < 4.78 is 6.43. The molecule has 1 aliphatic heterocycles. The van der Waals surface area contributed by atoms with Gasteiger partial charge in [0.15, 0.2) is 5.78 Å². The highest BCUT2D eigenvalue weighted by atomic mass is 79.9. The van der Waals surface area contributed by atoms with Crippen molar-refractivity contribution in [1.82, 2.24) is 0 Å². The van der Waals surface area contributed by atoms with Crippen molar-refractivity contribution in [2.45, 2.75) is 19.4 Å². The smallest absolute Gasteiger partial charge is 0.183 e. The molecule has 0 bridgehead atoms. The van der Waals surface area contributed by atoms with Crippen LogP contribution in [0.5, 0.6) is 5.75 Å². The first-order valence-corrected chi connectivity index (χ1v) is 5.61. The second-order valence-corrected chi connectivity index (χ2v) is 4.62. The Labute approximate surface area is 109 Å². The van der Waals surface area contributed by atoms with E-state index in [1.165, 1.54) is 0 Å². The lowest BCUT2D eigenvalue weighted by atomic mass is 10.0. The number of carbonyl (C=O) groups excluding carboxylic acids is 1. The maximum atomic E-state index is 11.9. The van der Waals surface area contributed by atoms with E-state index in [0.29, 0.717) is 24.3 Å². The molecule has 5 heteroatoms. The van der Waals surface area contributed by atoms with Crippen LogP contribution < -0.4 is 10.5 Å². The van der Waals surface area contributed by atoms with Gasteiger partial charge in [-0.25, -0.2) is 0 Å². The van der Waals surface area contributed by atoms with Crippen LogP contribution in [0.4, 0.5) is 0 Å². The number of nitrogens with two attached hydrogens (primary N) is 1. The molecule has 2 rings (SSSR count). The number of ketones is 1. The van der Waals surface area contributed by atoms with Gasteiger partial charge in [-0.1, -0.05) is 15.9 Å². The number of fused-ring (bicyclic) bond motifs is 1. The Morgan fingerprint density at radius 2 is 2.19 bits per heavy atom. The molecule has 0 saturated carbocycles. The minimum atomic E-state index is -0.444. The molecule has 3 nitrogen and oxygen atoms in total. The molecule has 1 unspecified atom stereocenters. The third kappa shape index (κ3) is 2.39. The molecule has 2 N–H and O–H groups in total. The van der Waals surface area contributed by atoms with E-state index in [-0.39, 0.29) is 18.2 Å². The summed E-state index contributed by atoms with van der Waals surface area (Å²) in [5, 5.41) is 0. The first-order valence-electron chi connectivity index (χ1n) is 4.82. The fourth-order valence-corrected chi connectivity index (χ4v) is 2.30. The molecule has 0 aromatic heterocycles. The summed E-state index contributed by atoms with van der Waals surface area (Å²) in [5.74, 6) is 0.642. The first-order chi connectivity index (χ1) is 7.09. The van der Waals surface area contributed by atoms with Gasteiger partial charge in [-0.3, -0.25) is 4.79 Å². The largest absolute Gasteiger partial charge is 0.492 e. The zero-order valence-electron chi connectivity index (χ0n) is 8.83. The predicted octanol–water partition coefficient (Wildman–Crippen LogP) is 2.47. The van der Waals surface area contributed by atoms with E-state index in [0.717, 1.165) is 10.0 Å². The Hall–Kier alpha value is -0.580. The lowest BCUT2D eigenvalue weighted by Crippen LogP contribution is -2.30. The Kier molecular flexibility index (Phi) is 4.35. The van der Waals surface area contributed by atoms with E-state index < -0.39 is 6.04 Å². The van der Waals surface area contributed by atoms with Crippen molar-refractivity contribution >= 4 is 34.1 Å². The second kappa shape index (κ2) is 5.17. The van der Waals surface area contributed by atoms with Gasteiger partial charge in [0, 0.05) is 10.9 Å². The number of benzene rings is 1. The standard InChI is InChI=1S/C11H12BrNO2.ClH/c1-6-4-7(12)5-8-10(14)9(13)2-3-15-11(6)8;/h4-5,9H,2-3,13H2,1H3;1H. The van der Waals surface area contributed by atoms with Crippen molar-refractivity contribution < 1.29 is 9.53 Å². The molecule has 0 fully saturated rings. The molecular formula is C11H13BrClNO2. The fourth-order valence-electron chi connectivity index (χ4n) is 1.72. The zero-order chi connectivity index (χ0) is 11.0. The van der Waals surface area contributed by atoms with Crippen LogP contribution in [0, 0.1) is 6.92 Å². The Balaban J connectivity index is 0.00000128. The minimum absolute atomic E-state index is 0. The summed E-state index contributed by atoms with van der Waals surface area (Å²) in [6.07, 6.45) is 0.574. The average Bonchev–Trinajstić information content (AvgIpc) is 2.30.